The lowest BCUT2D eigenvalue weighted by atomic mass is 10.2. The van der Waals surface area contributed by atoms with E-state index in [0.717, 1.165) is 5.69 Å². The molecule has 0 radical (unpaired) electrons. The van der Waals surface area contributed by atoms with Crippen LogP contribution in [0.25, 0.3) is 0 Å². The maximum atomic E-state index is 12.4. The Balaban J connectivity index is 2.06. The topological polar surface area (TPSA) is 86.8 Å². The van der Waals surface area contributed by atoms with Crippen LogP contribution in [0.1, 0.15) is 12.5 Å². The molecule has 0 unspecified atom stereocenters. The summed E-state index contributed by atoms with van der Waals surface area (Å²) in [6.07, 6.45) is 1.79. The van der Waals surface area contributed by atoms with Gasteiger partial charge in [-0.3, -0.25) is 9.59 Å². The molecule has 0 aliphatic carbocycles. The number of fused-ring (bicyclic) bond motifs is 1. The number of amides is 2. The normalized spacial score (nSPS) is 13.8. The van der Waals surface area contributed by atoms with E-state index in [9.17, 15) is 18.0 Å². The van der Waals surface area contributed by atoms with Gasteiger partial charge in [0.15, 0.2) is 0 Å². The molecule has 8 heteroatoms. The summed E-state index contributed by atoms with van der Waals surface area (Å²) in [6, 6.07) is 4.63. The summed E-state index contributed by atoms with van der Waals surface area (Å²) < 4.78 is 27.2. The molecule has 7 nitrogen and oxygen atoms in total. The number of nitrogens with one attached hydrogen (secondary N) is 1. The molecule has 0 spiro atoms. The van der Waals surface area contributed by atoms with Crippen molar-refractivity contribution >= 4 is 27.5 Å². The van der Waals surface area contributed by atoms with Gasteiger partial charge in [0, 0.05) is 39.3 Å². The SMILES string of the molecule is C=CCN(CCNS(=O)(=O)c1ccc2c(c1)CC(=O)N2C)C(C)=O. The largest absolute Gasteiger partial charge is 0.338 e. The third-order valence-corrected chi connectivity index (χ3v) is 5.37. The number of nitrogens with zero attached hydrogens (tertiary/aromatic N) is 2. The van der Waals surface area contributed by atoms with Gasteiger partial charge < -0.3 is 9.80 Å². The van der Waals surface area contributed by atoms with Crippen molar-refractivity contribution in [3.05, 3.63) is 36.4 Å². The van der Waals surface area contributed by atoms with Gasteiger partial charge in [0.25, 0.3) is 0 Å². The van der Waals surface area contributed by atoms with Crippen molar-refractivity contribution in [2.45, 2.75) is 18.2 Å². The van der Waals surface area contributed by atoms with Crippen LogP contribution in [0.3, 0.4) is 0 Å². The molecular formula is C16H21N3O4S. The Kier molecular flexibility index (Phi) is 5.40. The number of benzene rings is 1. The fraction of sp³-hybridized carbons (Fsp3) is 0.375. The van der Waals surface area contributed by atoms with Gasteiger partial charge in [0.05, 0.1) is 11.3 Å². The van der Waals surface area contributed by atoms with Crippen molar-refractivity contribution in [2.24, 2.45) is 0 Å². The predicted octanol–water partition coefficient (Wildman–Crippen LogP) is 0.518. The highest BCUT2D eigenvalue weighted by atomic mass is 32.2. The summed E-state index contributed by atoms with van der Waals surface area (Å²) in [4.78, 5) is 26.2. The van der Waals surface area contributed by atoms with Crippen molar-refractivity contribution in [1.82, 2.24) is 9.62 Å². The smallest absolute Gasteiger partial charge is 0.240 e. The lowest BCUT2D eigenvalue weighted by Gasteiger charge is -2.19. The Labute approximate surface area is 142 Å². The first kappa shape index (κ1) is 18.2. The van der Waals surface area contributed by atoms with Crippen LogP contribution in [0.15, 0.2) is 35.7 Å². The highest BCUT2D eigenvalue weighted by Gasteiger charge is 2.26. The number of rotatable bonds is 7. The number of sulfonamides is 1. The summed E-state index contributed by atoms with van der Waals surface area (Å²) in [6.45, 7) is 5.72. The Morgan fingerprint density at radius 2 is 2.17 bits per heavy atom. The van der Waals surface area contributed by atoms with Crippen LogP contribution in [0.5, 0.6) is 0 Å². The van der Waals surface area contributed by atoms with Gasteiger partial charge in [0.2, 0.25) is 21.8 Å². The number of anilines is 1. The molecule has 1 aliphatic heterocycles. The van der Waals surface area contributed by atoms with Gasteiger partial charge in [-0.25, -0.2) is 13.1 Å². The van der Waals surface area contributed by atoms with Crippen LogP contribution in [0, 0.1) is 0 Å². The van der Waals surface area contributed by atoms with Crippen molar-refractivity contribution in [2.75, 3.05) is 31.6 Å². The second-order valence-electron chi connectivity index (χ2n) is 5.57. The molecule has 0 atom stereocenters. The lowest BCUT2D eigenvalue weighted by molar-refractivity contribution is -0.128. The Bertz CT molecular complexity index is 774. The second kappa shape index (κ2) is 7.14. The van der Waals surface area contributed by atoms with Gasteiger partial charge >= 0.3 is 0 Å². The van der Waals surface area contributed by atoms with Crippen molar-refractivity contribution < 1.29 is 18.0 Å². The van der Waals surface area contributed by atoms with Gasteiger partial charge in [-0.1, -0.05) is 6.08 Å². The summed E-state index contributed by atoms with van der Waals surface area (Å²) in [7, 11) is -2.03. The van der Waals surface area contributed by atoms with E-state index in [1.807, 2.05) is 0 Å². The fourth-order valence-electron chi connectivity index (χ4n) is 2.55. The van der Waals surface area contributed by atoms with E-state index >= 15 is 0 Å². The summed E-state index contributed by atoms with van der Waals surface area (Å²) >= 11 is 0. The first-order valence-corrected chi connectivity index (χ1v) is 9.00. The molecule has 1 aromatic rings. The average molecular weight is 351 g/mol. The van der Waals surface area contributed by atoms with Gasteiger partial charge in [-0.2, -0.15) is 0 Å². The van der Waals surface area contributed by atoms with Crippen molar-refractivity contribution in [1.29, 1.82) is 0 Å². The number of hydrogen-bond donors (Lipinski definition) is 1. The second-order valence-corrected chi connectivity index (χ2v) is 7.34. The Hall–Kier alpha value is -2.19. The van der Waals surface area contributed by atoms with Crippen LogP contribution in [0.2, 0.25) is 0 Å². The molecule has 0 saturated carbocycles. The minimum atomic E-state index is -3.70. The Morgan fingerprint density at radius 1 is 1.46 bits per heavy atom. The molecule has 1 aliphatic rings. The first-order chi connectivity index (χ1) is 11.3. The predicted molar refractivity (Wildman–Crippen MR) is 91.2 cm³/mol. The molecule has 1 heterocycles. The molecule has 130 valence electrons. The summed E-state index contributed by atoms with van der Waals surface area (Å²) in [5, 5.41) is 0. The molecule has 0 fully saturated rings. The molecule has 0 aromatic heterocycles. The van der Waals surface area contributed by atoms with E-state index in [2.05, 4.69) is 11.3 Å². The minimum absolute atomic E-state index is 0.0611. The summed E-state index contributed by atoms with van der Waals surface area (Å²) in [5.41, 5.74) is 1.43. The van der Waals surface area contributed by atoms with E-state index in [1.165, 1.54) is 28.9 Å². The number of carbonyl (C=O) groups is 2. The standard InChI is InChI=1S/C16H21N3O4S/c1-4-8-19(12(2)20)9-7-17-24(22,23)14-5-6-15-13(10-14)11-16(21)18(15)3/h4-6,10,17H,1,7-9,11H2,2-3H3. The highest BCUT2D eigenvalue weighted by Crippen LogP contribution is 2.29. The molecule has 2 rings (SSSR count). The average Bonchev–Trinajstić information content (AvgIpc) is 2.80. The van der Waals surface area contributed by atoms with Crippen LogP contribution in [-0.2, 0) is 26.0 Å². The maximum absolute atomic E-state index is 12.4. The van der Waals surface area contributed by atoms with Crippen LogP contribution in [0.4, 0.5) is 5.69 Å². The minimum Gasteiger partial charge on any atom is -0.338 e. The van der Waals surface area contributed by atoms with Gasteiger partial charge in [0.1, 0.15) is 0 Å². The number of hydrogen-bond acceptors (Lipinski definition) is 4. The highest BCUT2D eigenvalue weighted by molar-refractivity contribution is 7.89. The zero-order chi connectivity index (χ0) is 17.9. The lowest BCUT2D eigenvalue weighted by Crippen LogP contribution is -2.37. The van der Waals surface area contributed by atoms with Crippen LogP contribution >= 0.6 is 0 Å². The molecule has 24 heavy (non-hydrogen) atoms. The number of likely N-dealkylation sites (N-methyl/N-ethyl adjacent to an activating group) is 1. The third kappa shape index (κ3) is 3.82. The molecular weight excluding hydrogens is 330 g/mol. The zero-order valence-corrected chi connectivity index (χ0v) is 14.6. The summed E-state index contributed by atoms with van der Waals surface area (Å²) in [5.74, 6) is -0.206. The van der Waals surface area contributed by atoms with Crippen molar-refractivity contribution in [3.63, 3.8) is 0 Å². The zero-order valence-electron chi connectivity index (χ0n) is 13.8. The van der Waals surface area contributed by atoms with Crippen molar-refractivity contribution in [3.8, 4) is 0 Å². The molecule has 0 saturated heterocycles. The van der Waals surface area contributed by atoms with E-state index in [-0.39, 0.29) is 36.2 Å². The quantitative estimate of drug-likeness (QED) is 0.726. The molecule has 0 bridgehead atoms. The van der Waals surface area contributed by atoms with E-state index in [0.29, 0.717) is 12.1 Å². The molecule has 1 N–H and O–H groups in total. The van der Waals surface area contributed by atoms with Crippen LogP contribution < -0.4 is 9.62 Å². The van der Waals surface area contributed by atoms with Gasteiger partial charge in [-0.15, -0.1) is 6.58 Å². The van der Waals surface area contributed by atoms with E-state index < -0.39 is 10.0 Å². The van der Waals surface area contributed by atoms with E-state index in [1.54, 1.807) is 19.2 Å². The van der Waals surface area contributed by atoms with E-state index in [4.69, 9.17) is 0 Å². The first-order valence-electron chi connectivity index (χ1n) is 7.52. The fourth-order valence-corrected chi connectivity index (χ4v) is 3.62. The molecule has 2 amide bonds. The van der Waals surface area contributed by atoms with Gasteiger partial charge in [-0.05, 0) is 23.8 Å². The monoisotopic (exact) mass is 351 g/mol. The van der Waals surface area contributed by atoms with Crippen LogP contribution in [-0.4, -0.2) is 51.8 Å². The maximum Gasteiger partial charge on any atom is 0.240 e. The molecule has 1 aromatic carbocycles. The Morgan fingerprint density at radius 3 is 2.79 bits per heavy atom. The number of carbonyl (C=O) groups excluding carboxylic acids is 2. The third-order valence-electron chi connectivity index (χ3n) is 3.91.